The minimum absolute atomic E-state index is 0.0374. The number of rotatable bonds is 3. The third-order valence-corrected chi connectivity index (χ3v) is 5.93. The Hall–Kier alpha value is -3.08. The Kier molecular flexibility index (Phi) is 4.58. The summed E-state index contributed by atoms with van der Waals surface area (Å²) in [5.41, 5.74) is 2.98. The van der Waals surface area contributed by atoms with Crippen molar-refractivity contribution in [2.45, 2.75) is 19.8 Å². The SMILES string of the molecule is Cc1cc(N2CCC(C(=O)c3ccc4c(c3)OCCO4)CC2)nc2ccccc12. The van der Waals surface area contributed by atoms with Crippen LogP contribution in [0.15, 0.2) is 48.5 Å². The number of para-hydroxylation sites is 1. The molecule has 5 nitrogen and oxygen atoms in total. The molecule has 5 rings (SSSR count). The van der Waals surface area contributed by atoms with Crippen LogP contribution in [0, 0.1) is 12.8 Å². The highest BCUT2D eigenvalue weighted by atomic mass is 16.6. The lowest BCUT2D eigenvalue weighted by Crippen LogP contribution is -2.37. The molecule has 0 unspecified atom stereocenters. The van der Waals surface area contributed by atoms with Crippen molar-refractivity contribution in [2.24, 2.45) is 5.92 Å². The number of carbonyl (C=O) groups excluding carboxylic acids is 1. The largest absolute Gasteiger partial charge is 0.486 e. The average Bonchev–Trinajstić information content (AvgIpc) is 2.78. The molecule has 0 saturated carbocycles. The summed E-state index contributed by atoms with van der Waals surface area (Å²) < 4.78 is 11.2. The van der Waals surface area contributed by atoms with Crippen molar-refractivity contribution in [1.82, 2.24) is 4.98 Å². The second-order valence-electron chi connectivity index (χ2n) is 7.80. The maximum Gasteiger partial charge on any atom is 0.166 e. The van der Waals surface area contributed by atoms with Crippen molar-refractivity contribution in [3.8, 4) is 11.5 Å². The quantitative estimate of drug-likeness (QED) is 0.622. The number of carbonyl (C=O) groups is 1. The summed E-state index contributed by atoms with van der Waals surface area (Å²) in [5.74, 6) is 2.64. The van der Waals surface area contributed by atoms with Crippen molar-refractivity contribution < 1.29 is 14.3 Å². The zero-order valence-corrected chi connectivity index (χ0v) is 16.6. The molecule has 2 aliphatic heterocycles. The molecule has 0 N–H and O–H groups in total. The highest BCUT2D eigenvalue weighted by Crippen LogP contribution is 2.33. The number of nitrogens with zero attached hydrogens (tertiary/aromatic N) is 2. The number of fused-ring (bicyclic) bond motifs is 2. The molecule has 1 saturated heterocycles. The molecule has 0 bridgehead atoms. The van der Waals surface area contributed by atoms with Gasteiger partial charge in [0.1, 0.15) is 19.0 Å². The molecule has 0 spiro atoms. The van der Waals surface area contributed by atoms with Gasteiger partial charge in [-0.1, -0.05) is 18.2 Å². The van der Waals surface area contributed by atoms with Crippen LogP contribution in [-0.4, -0.2) is 37.1 Å². The molecule has 1 aromatic heterocycles. The van der Waals surface area contributed by atoms with Gasteiger partial charge in [0, 0.05) is 30.0 Å². The van der Waals surface area contributed by atoms with E-state index in [2.05, 4.69) is 30.0 Å². The van der Waals surface area contributed by atoms with Gasteiger partial charge >= 0.3 is 0 Å². The monoisotopic (exact) mass is 388 g/mol. The number of ketones is 1. The summed E-state index contributed by atoms with van der Waals surface area (Å²) in [6.45, 7) is 4.89. The molecular formula is C24H24N2O3. The number of piperidine rings is 1. The van der Waals surface area contributed by atoms with Crippen LogP contribution < -0.4 is 14.4 Å². The van der Waals surface area contributed by atoms with E-state index in [0.717, 1.165) is 43.0 Å². The molecule has 1 fully saturated rings. The predicted molar refractivity (Wildman–Crippen MR) is 113 cm³/mol. The number of hydrogen-bond acceptors (Lipinski definition) is 5. The van der Waals surface area contributed by atoms with Gasteiger partial charge in [0.05, 0.1) is 5.52 Å². The van der Waals surface area contributed by atoms with Crippen molar-refractivity contribution >= 4 is 22.5 Å². The van der Waals surface area contributed by atoms with Gasteiger partial charge in [-0.25, -0.2) is 4.98 Å². The van der Waals surface area contributed by atoms with Crippen LogP contribution in [0.5, 0.6) is 11.5 Å². The van der Waals surface area contributed by atoms with Gasteiger partial charge in [0.25, 0.3) is 0 Å². The number of pyridine rings is 1. The van der Waals surface area contributed by atoms with Crippen LogP contribution in [0.3, 0.4) is 0 Å². The molecule has 0 radical (unpaired) electrons. The first kappa shape index (κ1) is 18.0. The summed E-state index contributed by atoms with van der Waals surface area (Å²) >= 11 is 0. The van der Waals surface area contributed by atoms with Gasteiger partial charge in [0.15, 0.2) is 17.3 Å². The zero-order chi connectivity index (χ0) is 19.8. The Morgan fingerprint density at radius 1 is 1.00 bits per heavy atom. The van der Waals surface area contributed by atoms with Gasteiger partial charge in [-0.2, -0.15) is 0 Å². The maximum atomic E-state index is 13.0. The van der Waals surface area contributed by atoms with E-state index in [1.54, 1.807) is 0 Å². The van der Waals surface area contributed by atoms with Gasteiger partial charge in [-0.3, -0.25) is 4.79 Å². The van der Waals surface area contributed by atoms with E-state index in [0.29, 0.717) is 24.5 Å². The molecule has 3 heterocycles. The van der Waals surface area contributed by atoms with E-state index in [9.17, 15) is 4.79 Å². The third kappa shape index (κ3) is 3.41. The Morgan fingerprint density at radius 2 is 1.76 bits per heavy atom. The Morgan fingerprint density at radius 3 is 2.59 bits per heavy atom. The Bertz CT molecular complexity index is 1070. The van der Waals surface area contributed by atoms with Gasteiger partial charge in [-0.15, -0.1) is 0 Å². The minimum atomic E-state index is 0.0374. The maximum absolute atomic E-state index is 13.0. The fourth-order valence-corrected chi connectivity index (χ4v) is 4.30. The lowest BCUT2D eigenvalue weighted by Gasteiger charge is -2.32. The van der Waals surface area contributed by atoms with Crippen molar-refractivity contribution in [3.05, 3.63) is 59.7 Å². The first-order valence-electron chi connectivity index (χ1n) is 10.2. The standard InChI is InChI=1S/C24H24N2O3/c1-16-14-23(25-20-5-3-2-4-19(16)20)26-10-8-17(9-11-26)24(27)18-6-7-21-22(15-18)29-13-12-28-21/h2-7,14-15,17H,8-13H2,1H3. The highest BCUT2D eigenvalue weighted by molar-refractivity contribution is 5.98. The third-order valence-electron chi connectivity index (χ3n) is 5.93. The number of benzene rings is 2. The molecule has 148 valence electrons. The normalized spacial score (nSPS) is 16.8. The molecule has 0 atom stereocenters. The summed E-state index contributed by atoms with van der Waals surface area (Å²) in [6.07, 6.45) is 1.67. The number of hydrogen-bond donors (Lipinski definition) is 0. The van der Waals surface area contributed by atoms with E-state index in [-0.39, 0.29) is 11.7 Å². The summed E-state index contributed by atoms with van der Waals surface area (Å²) in [4.78, 5) is 20.2. The van der Waals surface area contributed by atoms with Crippen LogP contribution in [-0.2, 0) is 0 Å². The molecule has 2 aliphatic rings. The first-order valence-corrected chi connectivity index (χ1v) is 10.2. The first-order chi connectivity index (χ1) is 14.2. The molecule has 0 aliphatic carbocycles. The predicted octanol–water partition coefficient (Wildman–Crippen LogP) is 4.41. The fourth-order valence-electron chi connectivity index (χ4n) is 4.30. The Labute approximate surface area is 170 Å². The Balaban J connectivity index is 1.30. The lowest BCUT2D eigenvalue weighted by molar-refractivity contribution is 0.0899. The van der Waals surface area contributed by atoms with Crippen molar-refractivity contribution in [3.63, 3.8) is 0 Å². The van der Waals surface area contributed by atoms with Crippen LogP contribution >= 0.6 is 0 Å². The highest BCUT2D eigenvalue weighted by Gasteiger charge is 2.27. The number of aryl methyl sites for hydroxylation is 1. The van der Waals surface area contributed by atoms with Crippen molar-refractivity contribution in [1.29, 1.82) is 0 Å². The number of anilines is 1. The van der Waals surface area contributed by atoms with E-state index < -0.39 is 0 Å². The molecule has 29 heavy (non-hydrogen) atoms. The summed E-state index contributed by atoms with van der Waals surface area (Å²) in [5, 5.41) is 1.19. The van der Waals surface area contributed by atoms with E-state index >= 15 is 0 Å². The minimum Gasteiger partial charge on any atom is -0.486 e. The summed E-state index contributed by atoms with van der Waals surface area (Å²) in [7, 11) is 0. The molecular weight excluding hydrogens is 364 g/mol. The zero-order valence-electron chi connectivity index (χ0n) is 16.6. The van der Waals surface area contributed by atoms with Gasteiger partial charge in [-0.05, 0) is 55.7 Å². The molecule has 2 aromatic carbocycles. The van der Waals surface area contributed by atoms with Crippen molar-refractivity contribution in [2.75, 3.05) is 31.2 Å². The topological polar surface area (TPSA) is 51.7 Å². The fraction of sp³-hybridized carbons (Fsp3) is 0.333. The molecule has 5 heteroatoms. The van der Waals surface area contributed by atoms with E-state index in [1.165, 1.54) is 10.9 Å². The van der Waals surface area contributed by atoms with E-state index in [4.69, 9.17) is 14.5 Å². The van der Waals surface area contributed by atoms with Crippen LogP contribution in [0.4, 0.5) is 5.82 Å². The van der Waals surface area contributed by atoms with Gasteiger partial charge in [0.2, 0.25) is 0 Å². The van der Waals surface area contributed by atoms with Gasteiger partial charge < -0.3 is 14.4 Å². The van der Waals surface area contributed by atoms with Crippen LogP contribution in [0.1, 0.15) is 28.8 Å². The smallest absolute Gasteiger partial charge is 0.166 e. The molecule has 3 aromatic rings. The lowest BCUT2D eigenvalue weighted by atomic mass is 9.88. The van der Waals surface area contributed by atoms with Crippen LogP contribution in [0.25, 0.3) is 10.9 Å². The van der Waals surface area contributed by atoms with Crippen LogP contribution in [0.2, 0.25) is 0 Å². The van der Waals surface area contributed by atoms with E-state index in [1.807, 2.05) is 30.3 Å². The summed E-state index contributed by atoms with van der Waals surface area (Å²) in [6, 6.07) is 15.9. The second kappa shape index (κ2) is 7.39. The number of aromatic nitrogens is 1. The number of Topliss-reactive ketones (excluding diaryl/α,β-unsaturated/α-hetero) is 1. The number of ether oxygens (including phenoxy) is 2. The average molecular weight is 388 g/mol. The molecule has 0 amide bonds. The second-order valence-corrected chi connectivity index (χ2v) is 7.80.